The first-order chi connectivity index (χ1) is 8.67. The van der Waals surface area contributed by atoms with Crippen molar-refractivity contribution in [1.29, 1.82) is 0 Å². The van der Waals surface area contributed by atoms with Crippen LogP contribution in [-0.2, 0) is 9.59 Å². The van der Waals surface area contributed by atoms with E-state index in [1.165, 1.54) is 17.7 Å². The molecule has 1 aliphatic carbocycles. The fourth-order valence-electron chi connectivity index (χ4n) is 3.20. The molecule has 2 rings (SSSR count). The molecule has 18 heavy (non-hydrogen) atoms. The van der Waals surface area contributed by atoms with Gasteiger partial charge in [-0.1, -0.05) is 26.7 Å². The summed E-state index contributed by atoms with van der Waals surface area (Å²) in [6, 6.07) is 0.259. The number of rotatable bonds is 5. The summed E-state index contributed by atoms with van der Waals surface area (Å²) >= 11 is 0. The Balaban J connectivity index is 1.99. The van der Waals surface area contributed by atoms with Crippen LogP contribution in [0.4, 0.5) is 0 Å². The van der Waals surface area contributed by atoms with Crippen molar-refractivity contribution in [3.63, 3.8) is 0 Å². The second-order valence-corrected chi connectivity index (χ2v) is 5.48. The zero-order chi connectivity index (χ0) is 13.1. The quantitative estimate of drug-likeness (QED) is 0.759. The molecule has 1 saturated heterocycles. The molecule has 4 nitrogen and oxygen atoms in total. The second kappa shape index (κ2) is 5.83. The van der Waals surface area contributed by atoms with E-state index in [0.717, 1.165) is 25.7 Å². The lowest BCUT2D eigenvalue weighted by Crippen LogP contribution is -2.45. The maximum absolute atomic E-state index is 12.3. The lowest BCUT2D eigenvalue weighted by molar-refractivity contribution is -0.141. The van der Waals surface area contributed by atoms with E-state index in [0.29, 0.717) is 12.5 Å². The summed E-state index contributed by atoms with van der Waals surface area (Å²) in [4.78, 5) is 25.8. The first kappa shape index (κ1) is 13.5. The molecule has 1 saturated carbocycles. The predicted molar refractivity (Wildman–Crippen MR) is 70.0 cm³/mol. The Hall–Kier alpha value is -0.900. The van der Waals surface area contributed by atoms with Crippen LogP contribution in [0.1, 0.15) is 58.8 Å². The zero-order valence-corrected chi connectivity index (χ0v) is 11.4. The van der Waals surface area contributed by atoms with E-state index in [4.69, 9.17) is 0 Å². The fourth-order valence-corrected chi connectivity index (χ4v) is 3.20. The minimum Gasteiger partial charge on any atom is -0.303 e. The van der Waals surface area contributed by atoms with Gasteiger partial charge in [-0.05, 0) is 25.7 Å². The molecule has 1 aliphatic heterocycles. The van der Waals surface area contributed by atoms with Gasteiger partial charge >= 0.3 is 0 Å². The molecular formula is C14H24N2O2. The van der Waals surface area contributed by atoms with E-state index in [-0.39, 0.29) is 23.9 Å². The highest BCUT2D eigenvalue weighted by molar-refractivity contribution is 6.05. The highest BCUT2D eigenvalue weighted by Crippen LogP contribution is 2.23. The van der Waals surface area contributed by atoms with Crippen molar-refractivity contribution >= 4 is 11.8 Å². The van der Waals surface area contributed by atoms with Crippen LogP contribution in [0, 0.1) is 0 Å². The van der Waals surface area contributed by atoms with Gasteiger partial charge in [0, 0.05) is 12.1 Å². The highest BCUT2D eigenvalue weighted by Gasteiger charge is 2.42. The summed E-state index contributed by atoms with van der Waals surface area (Å²) in [6.07, 6.45) is 6.82. The number of carbonyl (C=O) groups excluding carboxylic acids is 2. The number of hydrogen-bond acceptors (Lipinski definition) is 3. The van der Waals surface area contributed by atoms with Gasteiger partial charge in [0.05, 0.1) is 12.5 Å². The van der Waals surface area contributed by atoms with Crippen LogP contribution in [0.3, 0.4) is 0 Å². The van der Waals surface area contributed by atoms with E-state index in [9.17, 15) is 9.59 Å². The van der Waals surface area contributed by atoms with E-state index >= 15 is 0 Å². The van der Waals surface area contributed by atoms with Gasteiger partial charge in [0.25, 0.3) is 0 Å². The molecule has 0 spiro atoms. The van der Waals surface area contributed by atoms with Crippen LogP contribution in [0.25, 0.3) is 0 Å². The van der Waals surface area contributed by atoms with Crippen LogP contribution in [0.2, 0.25) is 0 Å². The van der Waals surface area contributed by atoms with Gasteiger partial charge < -0.3 is 5.32 Å². The van der Waals surface area contributed by atoms with Crippen LogP contribution in [0.5, 0.6) is 0 Å². The molecule has 1 atom stereocenters. The molecule has 0 bridgehead atoms. The normalized spacial score (nSPS) is 25.7. The van der Waals surface area contributed by atoms with Gasteiger partial charge in [-0.15, -0.1) is 0 Å². The summed E-state index contributed by atoms with van der Waals surface area (Å²) in [6.45, 7) is 4.07. The fraction of sp³-hybridized carbons (Fsp3) is 0.857. The van der Waals surface area contributed by atoms with Gasteiger partial charge in [0.2, 0.25) is 11.8 Å². The smallest absolute Gasteiger partial charge is 0.247 e. The third kappa shape index (κ3) is 2.58. The molecule has 2 fully saturated rings. The minimum absolute atomic E-state index is 0.000556. The summed E-state index contributed by atoms with van der Waals surface area (Å²) in [5.74, 6) is 0.00444. The number of imide groups is 1. The first-order valence-corrected chi connectivity index (χ1v) is 7.29. The predicted octanol–water partition coefficient (Wildman–Crippen LogP) is 1.83. The third-order valence-electron chi connectivity index (χ3n) is 4.28. The van der Waals surface area contributed by atoms with Crippen LogP contribution in [0.15, 0.2) is 0 Å². The summed E-state index contributed by atoms with van der Waals surface area (Å²) < 4.78 is 0. The molecule has 2 amide bonds. The lowest BCUT2D eigenvalue weighted by Gasteiger charge is -2.25. The highest BCUT2D eigenvalue weighted by atomic mass is 16.2. The largest absolute Gasteiger partial charge is 0.303 e. The molecule has 4 heteroatoms. The van der Waals surface area contributed by atoms with Crippen LogP contribution in [-0.4, -0.2) is 34.8 Å². The van der Waals surface area contributed by atoms with Gasteiger partial charge in [0.15, 0.2) is 0 Å². The SMILES string of the molecule is CCC(CC)N1C(=O)CC(NC2CCCC2)C1=O. The summed E-state index contributed by atoms with van der Waals surface area (Å²) in [7, 11) is 0. The summed E-state index contributed by atoms with van der Waals surface area (Å²) in [5, 5.41) is 3.38. The van der Waals surface area contributed by atoms with Crippen molar-refractivity contribution in [2.24, 2.45) is 0 Å². The number of likely N-dealkylation sites (tertiary alicyclic amines) is 1. The van der Waals surface area contributed by atoms with Gasteiger partial charge in [0.1, 0.15) is 0 Å². The molecule has 102 valence electrons. The zero-order valence-electron chi connectivity index (χ0n) is 11.4. The van der Waals surface area contributed by atoms with Gasteiger partial charge in [-0.2, -0.15) is 0 Å². The van der Waals surface area contributed by atoms with Gasteiger partial charge in [-0.3, -0.25) is 14.5 Å². The lowest BCUT2D eigenvalue weighted by atomic mass is 10.1. The van der Waals surface area contributed by atoms with E-state index < -0.39 is 0 Å². The van der Waals surface area contributed by atoms with E-state index in [1.807, 2.05) is 13.8 Å². The standard InChI is InChI=1S/C14H24N2O2/c1-3-11(4-2)16-13(17)9-12(14(16)18)15-10-7-5-6-8-10/h10-12,15H,3-9H2,1-2H3. The number of amides is 2. The topological polar surface area (TPSA) is 49.4 Å². The molecule has 0 aromatic heterocycles. The number of hydrogen-bond donors (Lipinski definition) is 1. The number of nitrogens with zero attached hydrogens (tertiary/aromatic N) is 1. The summed E-state index contributed by atoms with van der Waals surface area (Å²) in [5.41, 5.74) is 0. The van der Waals surface area contributed by atoms with E-state index in [1.54, 1.807) is 0 Å². The van der Waals surface area contributed by atoms with Crippen molar-refractivity contribution in [1.82, 2.24) is 10.2 Å². The van der Waals surface area contributed by atoms with Crippen molar-refractivity contribution < 1.29 is 9.59 Å². The first-order valence-electron chi connectivity index (χ1n) is 7.29. The average molecular weight is 252 g/mol. The van der Waals surface area contributed by atoms with Crippen molar-refractivity contribution in [2.75, 3.05) is 0 Å². The average Bonchev–Trinajstić information content (AvgIpc) is 2.94. The molecule has 1 heterocycles. The molecule has 2 aliphatic rings. The molecule has 0 aromatic rings. The molecule has 1 unspecified atom stereocenters. The Bertz CT molecular complexity index is 320. The van der Waals surface area contributed by atoms with Crippen molar-refractivity contribution in [3.05, 3.63) is 0 Å². The Morgan fingerprint density at radius 3 is 2.39 bits per heavy atom. The van der Waals surface area contributed by atoms with Crippen molar-refractivity contribution in [2.45, 2.75) is 76.9 Å². The number of carbonyl (C=O) groups is 2. The Kier molecular flexibility index (Phi) is 4.38. The maximum Gasteiger partial charge on any atom is 0.247 e. The third-order valence-corrected chi connectivity index (χ3v) is 4.28. The van der Waals surface area contributed by atoms with Gasteiger partial charge in [-0.25, -0.2) is 0 Å². The van der Waals surface area contributed by atoms with Crippen LogP contribution >= 0.6 is 0 Å². The molecule has 0 radical (unpaired) electrons. The molecular weight excluding hydrogens is 228 g/mol. The van der Waals surface area contributed by atoms with E-state index in [2.05, 4.69) is 5.32 Å². The monoisotopic (exact) mass is 252 g/mol. The Morgan fingerprint density at radius 2 is 1.83 bits per heavy atom. The Labute approximate surface area is 109 Å². The Morgan fingerprint density at radius 1 is 1.22 bits per heavy atom. The van der Waals surface area contributed by atoms with Crippen LogP contribution < -0.4 is 5.32 Å². The molecule has 1 N–H and O–H groups in total. The maximum atomic E-state index is 12.3. The molecule has 0 aromatic carbocycles. The van der Waals surface area contributed by atoms with Crippen molar-refractivity contribution in [3.8, 4) is 0 Å². The second-order valence-electron chi connectivity index (χ2n) is 5.48. The number of nitrogens with one attached hydrogen (secondary N) is 1. The minimum atomic E-state index is -0.263.